The zero-order valence-electron chi connectivity index (χ0n) is 14.7. The van der Waals surface area contributed by atoms with Crippen molar-refractivity contribution < 1.29 is 23.4 Å². The van der Waals surface area contributed by atoms with Crippen LogP contribution in [0.1, 0.15) is 11.5 Å². The maximum Gasteiger partial charge on any atom is 0.161 e. The van der Waals surface area contributed by atoms with Gasteiger partial charge in [-0.1, -0.05) is 12.1 Å². The van der Waals surface area contributed by atoms with Crippen molar-refractivity contribution in [2.24, 2.45) is 0 Å². The minimum absolute atomic E-state index is 0.160. The number of aliphatic hydroxyl groups is 1. The van der Waals surface area contributed by atoms with Crippen LogP contribution >= 0.6 is 0 Å². The molecule has 26 heavy (non-hydrogen) atoms. The molecule has 3 aromatic rings. The van der Waals surface area contributed by atoms with Gasteiger partial charge in [0.1, 0.15) is 24.2 Å². The standard InChI is InChI=1S/C20H23NO5/c1-23-19-8-2-3-9-20(19)26-15-16(22)12-21(13-17-6-4-10-24-17)14-18-7-5-11-25-18/h2-11,16,22H,12-15H2,1H3. The van der Waals surface area contributed by atoms with E-state index in [1.54, 1.807) is 19.6 Å². The Balaban J connectivity index is 1.58. The van der Waals surface area contributed by atoms with Crippen molar-refractivity contribution in [2.75, 3.05) is 20.3 Å². The van der Waals surface area contributed by atoms with E-state index in [1.807, 2.05) is 53.4 Å². The Bertz CT molecular complexity index is 718. The molecule has 1 unspecified atom stereocenters. The highest BCUT2D eigenvalue weighted by Crippen LogP contribution is 2.25. The van der Waals surface area contributed by atoms with Gasteiger partial charge in [0.05, 0.1) is 32.7 Å². The van der Waals surface area contributed by atoms with Crippen molar-refractivity contribution in [1.29, 1.82) is 0 Å². The second-order valence-corrected chi connectivity index (χ2v) is 5.94. The summed E-state index contributed by atoms with van der Waals surface area (Å²) in [4.78, 5) is 2.05. The third kappa shape index (κ3) is 5.15. The first-order chi connectivity index (χ1) is 12.7. The molecule has 1 aromatic carbocycles. The minimum atomic E-state index is -0.676. The molecule has 0 fully saturated rings. The van der Waals surface area contributed by atoms with Crippen LogP contribution in [0.2, 0.25) is 0 Å². The number of aliphatic hydroxyl groups excluding tert-OH is 1. The predicted octanol–water partition coefficient (Wildman–Crippen LogP) is 3.32. The summed E-state index contributed by atoms with van der Waals surface area (Å²) in [5.41, 5.74) is 0. The van der Waals surface area contributed by atoms with E-state index in [4.69, 9.17) is 18.3 Å². The summed E-state index contributed by atoms with van der Waals surface area (Å²) in [6.07, 6.45) is 2.60. The zero-order valence-corrected chi connectivity index (χ0v) is 14.7. The summed E-state index contributed by atoms with van der Waals surface area (Å²) >= 11 is 0. The Hall–Kier alpha value is -2.70. The van der Waals surface area contributed by atoms with Gasteiger partial charge in [-0.25, -0.2) is 0 Å². The highest BCUT2D eigenvalue weighted by atomic mass is 16.5. The Morgan fingerprint density at radius 3 is 2.08 bits per heavy atom. The molecule has 0 aliphatic carbocycles. The second-order valence-electron chi connectivity index (χ2n) is 5.94. The fourth-order valence-corrected chi connectivity index (χ4v) is 2.71. The van der Waals surface area contributed by atoms with Crippen molar-refractivity contribution in [1.82, 2.24) is 4.90 Å². The van der Waals surface area contributed by atoms with Gasteiger partial charge in [-0.15, -0.1) is 0 Å². The first kappa shape index (κ1) is 18.1. The molecule has 0 saturated carbocycles. The van der Waals surface area contributed by atoms with Crippen LogP contribution in [0.25, 0.3) is 0 Å². The molecule has 6 nitrogen and oxygen atoms in total. The molecule has 0 aliphatic rings. The van der Waals surface area contributed by atoms with Crippen molar-refractivity contribution >= 4 is 0 Å². The molecule has 0 spiro atoms. The van der Waals surface area contributed by atoms with E-state index in [1.165, 1.54) is 0 Å². The highest BCUT2D eigenvalue weighted by Gasteiger charge is 2.16. The van der Waals surface area contributed by atoms with Crippen LogP contribution in [0.4, 0.5) is 0 Å². The Morgan fingerprint density at radius 2 is 1.54 bits per heavy atom. The van der Waals surface area contributed by atoms with Crippen molar-refractivity contribution in [2.45, 2.75) is 19.2 Å². The summed E-state index contributed by atoms with van der Waals surface area (Å²) < 4.78 is 21.8. The lowest BCUT2D eigenvalue weighted by atomic mass is 10.3. The number of benzene rings is 1. The summed E-state index contributed by atoms with van der Waals surface area (Å²) in [6.45, 7) is 1.71. The van der Waals surface area contributed by atoms with Crippen LogP contribution in [-0.4, -0.2) is 36.4 Å². The van der Waals surface area contributed by atoms with Crippen LogP contribution in [0.3, 0.4) is 0 Å². The average Bonchev–Trinajstić information content (AvgIpc) is 3.34. The number of hydrogen-bond donors (Lipinski definition) is 1. The second kappa shape index (κ2) is 9.12. The number of rotatable bonds is 10. The van der Waals surface area contributed by atoms with E-state index in [-0.39, 0.29) is 6.61 Å². The lowest BCUT2D eigenvalue weighted by molar-refractivity contribution is 0.0572. The monoisotopic (exact) mass is 357 g/mol. The van der Waals surface area contributed by atoms with E-state index >= 15 is 0 Å². The third-order valence-corrected chi connectivity index (χ3v) is 3.89. The fourth-order valence-electron chi connectivity index (χ4n) is 2.71. The first-order valence-corrected chi connectivity index (χ1v) is 8.45. The molecular formula is C20H23NO5. The normalized spacial score (nSPS) is 12.3. The van der Waals surface area contributed by atoms with Gasteiger partial charge in [0, 0.05) is 6.54 Å². The van der Waals surface area contributed by atoms with Crippen LogP contribution in [-0.2, 0) is 13.1 Å². The van der Waals surface area contributed by atoms with Crippen molar-refractivity contribution in [3.05, 3.63) is 72.6 Å². The molecule has 6 heteroatoms. The van der Waals surface area contributed by atoms with E-state index in [0.717, 1.165) is 11.5 Å². The lowest BCUT2D eigenvalue weighted by Crippen LogP contribution is -2.34. The summed E-state index contributed by atoms with van der Waals surface area (Å²) in [5, 5.41) is 10.4. The first-order valence-electron chi connectivity index (χ1n) is 8.45. The number of nitrogens with zero attached hydrogens (tertiary/aromatic N) is 1. The Kier molecular flexibility index (Phi) is 6.35. The topological polar surface area (TPSA) is 68.2 Å². The number of hydrogen-bond acceptors (Lipinski definition) is 6. The van der Waals surface area contributed by atoms with Gasteiger partial charge >= 0.3 is 0 Å². The zero-order chi connectivity index (χ0) is 18.2. The van der Waals surface area contributed by atoms with Gasteiger partial charge in [0.2, 0.25) is 0 Å². The summed E-state index contributed by atoms with van der Waals surface area (Å²) in [7, 11) is 1.59. The smallest absolute Gasteiger partial charge is 0.161 e. The Morgan fingerprint density at radius 1 is 0.923 bits per heavy atom. The molecule has 1 atom stereocenters. The predicted molar refractivity (Wildman–Crippen MR) is 96.0 cm³/mol. The van der Waals surface area contributed by atoms with Gasteiger partial charge in [-0.3, -0.25) is 4.90 Å². The number of ether oxygens (including phenoxy) is 2. The third-order valence-electron chi connectivity index (χ3n) is 3.89. The number of para-hydroxylation sites is 2. The minimum Gasteiger partial charge on any atom is -0.493 e. The largest absolute Gasteiger partial charge is 0.493 e. The SMILES string of the molecule is COc1ccccc1OCC(O)CN(Cc1ccco1)Cc1ccco1. The van der Waals surface area contributed by atoms with Crippen LogP contribution in [0.15, 0.2) is 69.9 Å². The molecule has 2 heterocycles. The maximum absolute atomic E-state index is 10.4. The molecule has 0 saturated heterocycles. The molecule has 0 amide bonds. The van der Waals surface area contributed by atoms with Crippen LogP contribution in [0.5, 0.6) is 11.5 Å². The molecule has 0 bridgehead atoms. The van der Waals surface area contributed by atoms with Crippen molar-refractivity contribution in [3.8, 4) is 11.5 Å². The molecular weight excluding hydrogens is 334 g/mol. The van der Waals surface area contributed by atoms with Gasteiger partial charge in [0.25, 0.3) is 0 Å². The van der Waals surface area contributed by atoms with E-state index in [2.05, 4.69) is 0 Å². The highest BCUT2D eigenvalue weighted by molar-refractivity contribution is 5.39. The summed E-state index contributed by atoms with van der Waals surface area (Å²) in [6, 6.07) is 14.9. The molecule has 2 aromatic heterocycles. The average molecular weight is 357 g/mol. The van der Waals surface area contributed by atoms with Gasteiger partial charge in [0.15, 0.2) is 11.5 Å². The maximum atomic E-state index is 10.4. The van der Waals surface area contributed by atoms with Gasteiger partial charge in [-0.05, 0) is 36.4 Å². The van der Waals surface area contributed by atoms with Gasteiger partial charge < -0.3 is 23.4 Å². The summed E-state index contributed by atoms with van der Waals surface area (Å²) in [5.74, 6) is 2.91. The molecule has 3 rings (SSSR count). The Labute approximate surface area is 152 Å². The van der Waals surface area contributed by atoms with Crippen LogP contribution in [0, 0.1) is 0 Å². The number of furan rings is 2. The molecule has 0 aliphatic heterocycles. The quantitative estimate of drug-likeness (QED) is 0.600. The van der Waals surface area contributed by atoms with Crippen LogP contribution < -0.4 is 9.47 Å². The molecule has 138 valence electrons. The lowest BCUT2D eigenvalue weighted by Gasteiger charge is -2.23. The van der Waals surface area contributed by atoms with Crippen molar-refractivity contribution in [3.63, 3.8) is 0 Å². The van der Waals surface area contributed by atoms with E-state index < -0.39 is 6.10 Å². The molecule has 0 radical (unpaired) electrons. The number of methoxy groups -OCH3 is 1. The molecule has 1 N–H and O–H groups in total. The van der Waals surface area contributed by atoms with E-state index in [9.17, 15) is 5.11 Å². The van der Waals surface area contributed by atoms with Gasteiger partial charge in [-0.2, -0.15) is 0 Å². The fraction of sp³-hybridized carbons (Fsp3) is 0.300. The van der Waals surface area contributed by atoms with E-state index in [0.29, 0.717) is 31.1 Å².